The largest absolute Gasteiger partial charge is 0.456 e. The van der Waals surface area contributed by atoms with Crippen LogP contribution in [0.3, 0.4) is 0 Å². The Morgan fingerprint density at radius 1 is 0.919 bits per heavy atom. The summed E-state index contributed by atoms with van der Waals surface area (Å²) in [5.74, 6) is -1.62. The predicted octanol–water partition coefficient (Wildman–Crippen LogP) is 5.18. The topological polar surface area (TPSA) is 105 Å². The third-order valence-electron chi connectivity index (χ3n) is 5.84. The van der Waals surface area contributed by atoms with Crippen molar-refractivity contribution in [3.63, 3.8) is 0 Å². The second-order valence-electron chi connectivity index (χ2n) is 8.92. The molecule has 190 valence electrons. The van der Waals surface area contributed by atoms with Crippen molar-refractivity contribution in [3.05, 3.63) is 101 Å². The number of fused-ring (bicyclic) bond motifs is 1. The first kappa shape index (κ1) is 26.1. The summed E-state index contributed by atoms with van der Waals surface area (Å²) in [7, 11) is -3.94. The van der Waals surface area contributed by atoms with Crippen LogP contribution >= 0.6 is 0 Å². The van der Waals surface area contributed by atoms with Gasteiger partial charge >= 0.3 is 5.97 Å². The van der Waals surface area contributed by atoms with Crippen molar-refractivity contribution >= 4 is 38.8 Å². The number of esters is 1. The van der Waals surface area contributed by atoms with Gasteiger partial charge in [0, 0.05) is 16.3 Å². The third-order valence-corrected chi connectivity index (χ3v) is 6.92. The van der Waals surface area contributed by atoms with Crippen LogP contribution in [0.25, 0.3) is 28.2 Å². The SMILES string of the molecule is CC(C)[C@H](NS(=O)(=O)C=Cc1ccccc1)C(=O)OCC(=O)c1c(-c2ccccc2)[nH]c2ccccc12. The number of para-hydroxylation sites is 1. The Hall–Kier alpha value is -4.01. The summed E-state index contributed by atoms with van der Waals surface area (Å²) in [6, 6.07) is 24.6. The third kappa shape index (κ3) is 6.41. The van der Waals surface area contributed by atoms with Crippen molar-refractivity contribution < 1.29 is 22.7 Å². The molecule has 0 aliphatic carbocycles. The highest BCUT2D eigenvalue weighted by Crippen LogP contribution is 2.30. The molecule has 0 aliphatic rings. The highest BCUT2D eigenvalue weighted by atomic mass is 32.2. The molecular weight excluding hydrogens is 488 g/mol. The van der Waals surface area contributed by atoms with Crippen LogP contribution in [-0.2, 0) is 19.6 Å². The maximum absolute atomic E-state index is 13.3. The number of ketones is 1. The van der Waals surface area contributed by atoms with Crippen LogP contribution in [0.15, 0.2) is 90.3 Å². The molecule has 3 aromatic carbocycles. The number of nitrogens with one attached hydrogen (secondary N) is 2. The normalized spacial score (nSPS) is 12.7. The van der Waals surface area contributed by atoms with Crippen molar-refractivity contribution in [2.75, 3.05) is 6.61 Å². The minimum atomic E-state index is -3.94. The van der Waals surface area contributed by atoms with Crippen LogP contribution in [0, 0.1) is 5.92 Å². The first-order chi connectivity index (χ1) is 17.7. The number of aromatic amines is 1. The van der Waals surface area contributed by atoms with Gasteiger partial charge in [-0.3, -0.25) is 9.59 Å². The Labute approximate surface area is 216 Å². The molecule has 0 fully saturated rings. The molecule has 4 aromatic rings. The van der Waals surface area contributed by atoms with Crippen LogP contribution in [0.1, 0.15) is 29.8 Å². The molecule has 0 bridgehead atoms. The zero-order chi connectivity index (χ0) is 26.4. The molecule has 2 N–H and O–H groups in total. The maximum Gasteiger partial charge on any atom is 0.324 e. The van der Waals surface area contributed by atoms with E-state index in [-0.39, 0.29) is 5.78 Å². The lowest BCUT2D eigenvalue weighted by molar-refractivity contribution is -0.145. The lowest BCUT2D eigenvalue weighted by Crippen LogP contribution is -2.45. The van der Waals surface area contributed by atoms with Gasteiger partial charge in [0.1, 0.15) is 6.04 Å². The van der Waals surface area contributed by atoms with Gasteiger partial charge in [0.15, 0.2) is 6.61 Å². The molecule has 0 unspecified atom stereocenters. The number of H-pyrrole nitrogens is 1. The fraction of sp³-hybridized carbons (Fsp3) is 0.172. The summed E-state index contributed by atoms with van der Waals surface area (Å²) in [5.41, 5.74) is 3.37. The van der Waals surface area contributed by atoms with Crippen molar-refractivity contribution in [2.24, 2.45) is 5.92 Å². The van der Waals surface area contributed by atoms with Gasteiger partial charge in [0.05, 0.1) is 11.3 Å². The molecule has 0 saturated heterocycles. The summed E-state index contributed by atoms with van der Waals surface area (Å²) in [6.45, 7) is 2.88. The molecule has 1 aromatic heterocycles. The Morgan fingerprint density at radius 2 is 1.54 bits per heavy atom. The van der Waals surface area contributed by atoms with E-state index in [1.54, 1.807) is 38.1 Å². The molecule has 0 amide bonds. The van der Waals surface area contributed by atoms with Gasteiger partial charge in [0.2, 0.25) is 15.8 Å². The number of carbonyl (C=O) groups is 2. The first-order valence-corrected chi connectivity index (χ1v) is 13.4. The lowest BCUT2D eigenvalue weighted by Gasteiger charge is -2.19. The standard InChI is InChI=1S/C29H28N2O5S/c1-20(2)27(31-37(34,35)18-17-21-11-5-3-6-12-21)29(33)36-19-25(32)26-23-15-9-10-16-24(23)30-28(26)22-13-7-4-8-14-22/h3-18,20,27,30-31H,19H2,1-2H3/t27-/m0/s1. The van der Waals surface area contributed by atoms with Crippen LogP contribution in [-0.4, -0.2) is 37.8 Å². The number of hydrogen-bond donors (Lipinski definition) is 2. The van der Waals surface area contributed by atoms with Gasteiger partial charge in [-0.25, -0.2) is 8.42 Å². The number of carbonyl (C=O) groups excluding carboxylic acids is 2. The van der Waals surface area contributed by atoms with Gasteiger partial charge in [-0.15, -0.1) is 0 Å². The van der Waals surface area contributed by atoms with E-state index in [2.05, 4.69) is 9.71 Å². The number of rotatable bonds is 10. The second kappa shape index (κ2) is 11.4. The van der Waals surface area contributed by atoms with Crippen LogP contribution in [0.4, 0.5) is 0 Å². The van der Waals surface area contributed by atoms with E-state index in [0.29, 0.717) is 16.8 Å². The minimum Gasteiger partial charge on any atom is -0.456 e. The average Bonchev–Trinajstić information content (AvgIpc) is 3.30. The molecule has 4 rings (SSSR count). The van der Waals surface area contributed by atoms with Crippen molar-refractivity contribution in [3.8, 4) is 11.3 Å². The summed E-state index contributed by atoms with van der Waals surface area (Å²) in [6.07, 6.45) is 1.44. The van der Waals surface area contributed by atoms with E-state index in [1.807, 2.05) is 60.7 Å². The van der Waals surface area contributed by atoms with Crippen molar-refractivity contribution in [1.29, 1.82) is 0 Å². The number of benzene rings is 3. The summed E-state index contributed by atoms with van der Waals surface area (Å²) in [4.78, 5) is 29.5. The molecule has 7 nitrogen and oxygen atoms in total. The van der Waals surface area contributed by atoms with Crippen molar-refractivity contribution in [1.82, 2.24) is 9.71 Å². The summed E-state index contributed by atoms with van der Waals surface area (Å²) < 4.78 is 33.0. The average molecular weight is 517 g/mol. The monoisotopic (exact) mass is 516 g/mol. The molecule has 1 heterocycles. The molecule has 37 heavy (non-hydrogen) atoms. The zero-order valence-electron chi connectivity index (χ0n) is 20.5. The van der Waals surface area contributed by atoms with Crippen molar-refractivity contribution in [2.45, 2.75) is 19.9 Å². The Bertz CT molecular complexity index is 1520. The van der Waals surface area contributed by atoms with Gasteiger partial charge in [-0.1, -0.05) is 92.7 Å². The fourth-order valence-corrected chi connectivity index (χ4v) is 5.09. The summed E-state index contributed by atoms with van der Waals surface area (Å²) in [5, 5.41) is 1.73. The smallest absolute Gasteiger partial charge is 0.324 e. The van der Waals surface area contributed by atoms with Gasteiger partial charge in [-0.05, 0) is 29.2 Å². The number of hydrogen-bond acceptors (Lipinski definition) is 5. The molecule has 0 saturated carbocycles. The fourth-order valence-electron chi connectivity index (χ4n) is 3.96. The van der Waals surface area contributed by atoms with E-state index in [1.165, 1.54) is 6.08 Å². The van der Waals surface area contributed by atoms with Crippen LogP contribution in [0.2, 0.25) is 0 Å². The number of ether oxygens (including phenoxy) is 1. The highest BCUT2D eigenvalue weighted by molar-refractivity contribution is 7.92. The summed E-state index contributed by atoms with van der Waals surface area (Å²) >= 11 is 0. The number of aromatic nitrogens is 1. The second-order valence-corrected chi connectivity index (χ2v) is 10.5. The van der Waals surface area contributed by atoms with Gasteiger partial charge in [0.25, 0.3) is 0 Å². The Balaban J connectivity index is 1.50. The minimum absolute atomic E-state index is 0.390. The molecular formula is C29H28N2O5S. The van der Waals surface area contributed by atoms with E-state index in [0.717, 1.165) is 21.9 Å². The number of sulfonamides is 1. The van der Waals surface area contributed by atoms with Crippen LogP contribution in [0.5, 0.6) is 0 Å². The van der Waals surface area contributed by atoms with Crippen LogP contribution < -0.4 is 4.72 Å². The highest BCUT2D eigenvalue weighted by Gasteiger charge is 2.29. The van der Waals surface area contributed by atoms with E-state index in [4.69, 9.17) is 4.74 Å². The van der Waals surface area contributed by atoms with E-state index in [9.17, 15) is 18.0 Å². The van der Waals surface area contributed by atoms with Gasteiger partial charge in [-0.2, -0.15) is 4.72 Å². The quantitative estimate of drug-likeness (QED) is 0.223. The Morgan fingerprint density at radius 3 is 2.22 bits per heavy atom. The molecule has 0 spiro atoms. The van der Waals surface area contributed by atoms with E-state index < -0.39 is 34.6 Å². The van der Waals surface area contributed by atoms with Gasteiger partial charge < -0.3 is 9.72 Å². The predicted molar refractivity (Wildman–Crippen MR) is 145 cm³/mol. The molecule has 0 aliphatic heterocycles. The molecule has 1 atom stereocenters. The molecule has 0 radical (unpaired) electrons. The maximum atomic E-state index is 13.3. The molecule has 8 heteroatoms. The van der Waals surface area contributed by atoms with E-state index >= 15 is 0 Å². The lowest BCUT2D eigenvalue weighted by atomic mass is 10.0. The first-order valence-electron chi connectivity index (χ1n) is 11.9. The zero-order valence-corrected chi connectivity index (χ0v) is 21.4. The number of Topliss-reactive ketones (excluding diaryl/α,β-unsaturated/α-hetero) is 1. The Kier molecular flexibility index (Phi) is 8.01.